The highest BCUT2D eigenvalue weighted by Gasteiger charge is 2.23. The number of rotatable bonds is 2. The van der Waals surface area contributed by atoms with Crippen LogP contribution in [0.25, 0.3) is 0 Å². The van der Waals surface area contributed by atoms with Gasteiger partial charge in [-0.1, -0.05) is 6.92 Å². The molecule has 1 amide bonds. The fraction of sp³-hybridized carbons (Fsp3) is 0.900. The minimum absolute atomic E-state index is 0.263. The number of hydrogen-bond donors (Lipinski definition) is 1. The lowest BCUT2D eigenvalue weighted by Gasteiger charge is -2.29. The standard InChI is InChI=1S/C10H20N2O/c1-8-7-11-5-4-9(8)6-10(13)12(2)3/h8-9,11H,4-7H2,1-3H3. The average Bonchev–Trinajstić information content (AvgIpc) is 2.08. The topological polar surface area (TPSA) is 32.3 Å². The molecule has 0 aromatic carbocycles. The molecule has 0 saturated carbocycles. The van der Waals surface area contributed by atoms with Gasteiger partial charge in [-0.25, -0.2) is 0 Å². The summed E-state index contributed by atoms with van der Waals surface area (Å²) in [5.41, 5.74) is 0. The Kier molecular flexibility index (Phi) is 3.72. The number of carbonyl (C=O) groups is 1. The fourth-order valence-corrected chi connectivity index (χ4v) is 1.78. The van der Waals surface area contributed by atoms with Gasteiger partial charge in [0.2, 0.25) is 5.91 Å². The van der Waals surface area contributed by atoms with Crippen molar-refractivity contribution in [2.75, 3.05) is 27.2 Å². The third-order valence-corrected chi connectivity index (χ3v) is 2.90. The third-order valence-electron chi connectivity index (χ3n) is 2.90. The van der Waals surface area contributed by atoms with Gasteiger partial charge in [0.25, 0.3) is 0 Å². The molecule has 1 rings (SSSR count). The van der Waals surface area contributed by atoms with Crippen molar-refractivity contribution in [2.24, 2.45) is 11.8 Å². The molecule has 0 aromatic heterocycles. The van der Waals surface area contributed by atoms with E-state index in [1.54, 1.807) is 4.90 Å². The van der Waals surface area contributed by atoms with E-state index in [1.807, 2.05) is 14.1 Å². The third kappa shape index (κ3) is 2.99. The van der Waals surface area contributed by atoms with E-state index in [0.29, 0.717) is 11.8 Å². The minimum atomic E-state index is 0.263. The van der Waals surface area contributed by atoms with E-state index < -0.39 is 0 Å². The fourth-order valence-electron chi connectivity index (χ4n) is 1.78. The van der Waals surface area contributed by atoms with E-state index in [0.717, 1.165) is 25.9 Å². The molecule has 1 aliphatic heterocycles. The molecule has 1 fully saturated rings. The Morgan fingerprint density at radius 1 is 1.54 bits per heavy atom. The van der Waals surface area contributed by atoms with Crippen LogP contribution in [0.3, 0.4) is 0 Å². The molecule has 1 saturated heterocycles. The van der Waals surface area contributed by atoms with Crippen LogP contribution in [-0.2, 0) is 4.79 Å². The zero-order chi connectivity index (χ0) is 9.84. The second kappa shape index (κ2) is 4.61. The number of hydrogen-bond acceptors (Lipinski definition) is 2. The molecule has 0 aromatic rings. The van der Waals surface area contributed by atoms with Crippen LogP contribution in [0.5, 0.6) is 0 Å². The summed E-state index contributed by atoms with van der Waals surface area (Å²) < 4.78 is 0. The van der Waals surface area contributed by atoms with E-state index >= 15 is 0 Å². The van der Waals surface area contributed by atoms with E-state index in [2.05, 4.69) is 12.2 Å². The van der Waals surface area contributed by atoms with Crippen molar-refractivity contribution in [1.29, 1.82) is 0 Å². The number of nitrogens with zero attached hydrogens (tertiary/aromatic N) is 1. The van der Waals surface area contributed by atoms with Crippen LogP contribution in [0.2, 0.25) is 0 Å². The number of piperidine rings is 1. The van der Waals surface area contributed by atoms with E-state index in [4.69, 9.17) is 0 Å². The predicted molar refractivity (Wildman–Crippen MR) is 53.5 cm³/mol. The van der Waals surface area contributed by atoms with E-state index in [-0.39, 0.29) is 5.91 Å². The molecule has 0 bridgehead atoms. The molecule has 0 aliphatic carbocycles. The van der Waals surface area contributed by atoms with Crippen LogP contribution in [-0.4, -0.2) is 38.0 Å². The summed E-state index contributed by atoms with van der Waals surface area (Å²) in [6.07, 6.45) is 1.86. The number of carbonyl (C=O) groups excluding carboxylic acids is 1. The highest BCUT2D eigenvalue weighted by atomic mass is 16.2. The molecule has 3 heteroatoms. The first-order chi connectivity index (χ1) is 6.11. The van der Waals surface area contributed by atoms with Crippen molar-refractivity contribution in [1.82, 2.24) is 10.2 Å². The summed E-state index contributed by atoms with van der Waals surface area (Å²) in [7, 11) is 3.65. The quantitative estimate of drug-likeness (QED) is 0.685. The van der Waals surface area contributed by atoms with Gasteiger partial charge in [0, 0.05) is 20.5 Å². The smallest absolute Gasteiger partial charge is 0.222 e. The zero-order valence-corrected chi connectivity index (χ0v) is 8.84. The Morgan fingerprint density at radius 2 is 2.23 bits per heavy atom. The summed E-state index contributed by atoms with van der Waals surface area (Å²) in [5, 5.41) is 3.34. The Bertz CT molecular complexity index is 180. The Morgan fingerprint density at radius 3 is 2.77 bits per heavy atom. The molecule has 3 nitrogen and oxygen atoms in total. The molecule has 2 atom stereocenters. The lowest BCUT2D eigenvalue weighted by molar-refractivity contribution is -0.130. The van der Waals surface area contributed by atoms with Crippen LogP contribution in [0.4, 0.5) is 0 Å². The molecule has 1 heterocycles. The molecule has 13 heavy (non-hydrogen) atoms. The number of nitrogens with one attached hydrogen (secondary N) is 1. The summed E-state index contributed by atoms with van der Waals surface area (Å²) in [5.74, 6) is 1.48. The Hall–Kier alpha value is -0.570. The van der Waals surface area contributed by atoms with Gasteiger partial charge >= 0.3 is 0 Å². The average molecular weight is 184 g/mol. The van der Waals surface area contributed by atoms with Crippen molar-refractivity contribution < 1.29 is 4.79 Å². The first-order valence-corrected chi connectivity index (χ1v) is 5.02. The second-order valence-electron chi connectivity index (χ2n) is 4.22. The number of amides is 1. The van der Waals surface area contributed by atoms with Gasteiger partial charge in [-0.3, -0.25) is 4.79 Å². The van der Waals surface area contributed by atoms with Gasteiger partial charge in [0.15, 0.2) is 0 Å². The molecule has 76 valence electrons. The molecule has 1 aliphatic rings. The summed E-state index contributed by atoms with van der Waals surface area (Å²) in [4.78, 5) is 13.2. The van der Waals surface area contributed by atoms with E-state index in [9.17, 15) is 4.79 Å². The van der Waals surface area contributed by atoms with E-state index in [1.165, 1.54) is 0 Å². The first kappa shape index (κ1) is 10.5. The van der Waals surface area contributed by atoms with Gasteiger partial charge in [-0.05, 0) is 31.3 Å². The highest BCUT2D eigenvalue weighted by molar-refractivity contribution is 5.75. The highest BCUT2D eigenvalue weighted by Crippen LogP contribution is 2.22. The van der Waals surface area contributed by atoms with Gasteiger partial charge in [-0.2, -0.15) is 0 Å². The van der Waals surface area contributed by atoms with Gasteiger partial charge in [-0.15, -0.1) is 0 Å². The molecule has 1 N–H and O–H groups in total. The maximum atomic E-state index is 11.5. The lowest BCUT2D eigenvalue weighted by atomic mass is 9.85. The van der Waals surface area contributed by atoms with Crippen molar-refractivity contribution in [2.45, 2.75) is 19.8 Å². The van der Waals surface area contributed by atoms with Gasteiger partial charge in [0.05, 0.1) is 0 Å². The summed E-state index contributed by atoms with van der Waals surface area (Å²) in [6, 6.07) is 0. The van der Waals surface area contributed by atoms with Crippen molar-refractivity contribution >= 4 is 5.91 Å². The van der Waals surface area contributed by atoms with Gasteiger partial charge < -0.3 is 10.2 Å². The molecule has 0 radical (unpaired) electrons. The van der Waals surface area contributed by atoms with Crippen LogP contribution >= 0.6 is 0 Å². The monoisotopic (exact) mass is 184 g/mol. The summed E-state index contributed by atoms with van der Waals surface area (Å²) >= 11 is 0. The second-order valence-corrected chi connectivity index (χ2v) is 4.22. The van der Waals surface area contributed by atoms with Crippen LogP contribution in [0.1, 0.15) is 19.8 Å². The predicted octanol–water partition coefficient (Wildman–Crippen LogP) is 0.710. The summed E-state index contributed by atoms with van der Waals surface area (Å²) in [6.45, 7) is 4.35. The normalized spacial score (nSPS) is 28.5. The largest absolute Gasteiger partial charge is 0.349 e. The minimum Gasteiger partial charge on any atom is -0.349 e. The van der Waals surface area contributed by atoms with Crippen molar-refractivity contribution in [3.05, 3.63) is 0 Å². The maximum absolute atomic E-state index is 11.5. The molecule has 0 spiro atoms. The van der Waals surface area contributed by atoms with Gasteiger partial charge in [0.1, 0.15) is 0 Å². The molecular formula is C10H20N2O. The van der Waals surface area contributed by atoms with Crippen LogP contribution in [0, 0.1) is 11.8 Å². The molecule has 2 unspecified atom stereocenters. The molecular weight excluding hydrogens is 164 g/mol. The zero-order valence-electron chi connectivity index (χ0n) is 8.84. The first-order valence-electron chi connectivity index (χ1n) is 5.02. The van der Waals surface area contributed by atoms with Crippen LogP contribution in [0.15, 0.2) is 0 Å². The maximum Gasteiger partial charge on any atom is 0.222 e. The Balaban J connectivity index is 2.38. The lowest BCUT2D eigenvalue weighted by Crippen LogP contribution is -2.37. The van der Waals surface area contributed by atoms with Crippen LogP contribution < -0.4 is 5.32 Å². The Labute approximate surface area is 80.5 Å². The van der Waals surface area contributed by atoms with Crippen molar-refractivity contribution in [3.8, 4) is 0 Å². The SMILES string of the molecule is CC1CNCCC1CC(=O)N(C)C. The van der Waals surface area contributed by atoms with Crippen molar-refractivity contribution in [3.63, 3.8) is 0 Å².